The second-order valence-electron chi connectivity index (χ2n) is 6.24. The Hall–Kier alpha value is -2.19. The Kier molecular flexibility index (Phi) is 5.67. The molecule has 6 nitrogen and oxygen atoms in total. The summed E-state index contributed by atoms with van der Waals surface area (Å²) in [6.07, 6.45) is 1.62. The van der Waals surface area contributed by atoms with Gasteiger partial charge in [-0.05, 0) is 54.4 Å². The van der Waals surface area contributed by atoms with E-state index in [1.54, 1.807) is 34.6 Å². The third-order valence-corrected chi connectivity index (χ3v) is 5.62. The van der Waals surface area contributed by atoms with E-state index >= 15 is 0 Å². The van der Waals surface area contributed by atoms with Gasteiger partial charge in [-0.25, -0.2) is 4.39 Å². The number of nitrogens with zero attached hydrogens (tertiary/aromatic N) is 4. The Labute approximate surface area is 169 Å². The zero-order chi connectivity index (χ0) is 19.7. The summed E-state index contributed by atoms with van der Waals surface area (Å²) in [6.45, 7) is 5.92. The van der Waals surface area contributed by atoms with Crippen LogP contribution < -0.4 is 5.32 Å². The fourth-order valence-electron chi connectivity index (χ4n) is 2.69. The van der Waals surface area contributed by atoms with Gasteiger partial charge in [0.1, 0.15) is 16.9 Å². The van der Waals surface area contributed by atoms with E-state index < -0.39 is 6.04 Å². The fraction of sp³-hybridized carbons (Fsp3) is 0.278. The van der Waals surface area contributed by atoms with Crippen molar-refractivity contribution in [3.8, 4) is 0 Å². The van der Waals surface area contributed by atoms with Crippen LogP contribution in [0.25, 0.3) is 0 Å². The standard InChI is InChI=1S/C18H18BrClFN5O/c1-10-16(19)11(2)26(23-10)12(3)18(27)22-17-15(20)9-25(24-17)8-13-4-6-14(21)7-5-13/h4-7,9,12H,8H2,1-3H3,(H,22,24,27). The topological polar surface area (TPSA) is 64.7 Å². The molecule has 0 aliphatic carbocycles. The van der Waals surface area contributed by atoms with E-state index in [9.17, 15) is 9.18 Å². The molecule has 0 fully saturated rings. The number of benzene rings is 1. The normalized spacial score (nSPS) is 12.2. The first kappa shape index (κ1) is 19.6. The molecule has 142 valence electrons. The Morgan fingerprint density at radius 1 is 1.30 bits per heavy atom. The number of hydrogen-bond donors (Lipinski definition) is 1. The van der Waals surface area contributed by atoms with E-state index in [0.717, 1.165) is 21.4 Å². The Morgan fingerprint density at radius 3 is 2.56 bits per heavy atom. The van der Waals surface area contributed by atoms with Crippen LogP contribution >= 0.6 is 27.5 Å². The maximum atomic E-state index is 13.0. The molecule has 2 heterocycles. The Balaban J connectivity index is 1.73. The highest BCUT2D eigenvalue weighted by molar-refractivity contribution is 9.10. The van der Waals surface area contributed by atoms with Crippen LogP contribution in [0.1, 0.15) is 29.9 Å². The van der Waals surface area contributed by atoms with Gasteiger partial charge in [0.2, 0.25) is 5.91 Å². The van der Waals surface area contributed by atoms with Crippen molar-refractivity contribution in [1.82, 2.24) is 19.6 Å². The number of carbonyl (C=O) groups is 1. The van der Waals surface area contributed by atoms with E-state index in [4.69, 9.17) is 11.6 Å². The van der Waals surface area contributed by atoms with Crippen molar-refractivity contribution in [3.05, 3.63) is 62.7 Å². The van der Waals surface area contributed by atoms with Gasteiger partial charge in [0.05, 0.1) is 22.4 Å². The zero-order valence-corrected chi connectivity index (χ0v) is 17.3. The maximum Gasteiger partial charge on any atom is 0.250 e. The van der Waals surface area contributed by atoms with Gasteiger partial charge in [0.15, 0.2) is 5.82 Å². The molecule has 1 aromatic carbocycles. The van der Waals surface area contributed by atoms with Gasteiger partial charge in [0.25, 0.3) is 0 Å². The van der Waals surface area contributed by atoms with Gasteiger partial charge in [-0.3, -0.25) is 14.2 Å². The van der Waals surface area contributed by atoms with Gasteiger partial charge < -0.3 is 5.32 Å². The molecule has 1 atom stereocenters. The molecule has 9 heteroatoms. The molecule has 0 bridgehead atoms. The third kappa shape index (κ3) is 4.22. The van der Waals surface area contributed by atoms with Crippen molar-refractivity contribution >= 4 is 39.3 Å². The number of hydrogen-bond acceptors (Lipinski definition) is 3. The second-order valence-corrected chi connectivity index (χ2v) is 7.44. The molecule has 1 unspecified atom stereocenters. The maximum absolute atomic E-state index is 13.0. The summed E-state index contributed by atoms with van der Waals surface area (Å²) in [7, 11) is 0. The summed E-state index contributed by atoms with van der Waals surface area (Å²) in [5.74, 6) is -0.298. The lowest BCUT2D eigenvalue weighted by molar-refractivity contribution is -0.119. The molecule has 0 aliphatic rings. The van der Waals surface area contributed by atoms with Crippen molar-refractivity contribution in [2.75, 3.05) is 5.32 Å². The predicted molar refractivity (Wildman–Crippen MR) is 105 cm³/mol. The minimum Gasteiger partial charge on any atom is -0.306 e. The number of aromatic nitrogens is 4. The van der Waals surface area contributed by atoms with Gasteiger partial charge >= 0.3 is 0 Å². The van der Waals surface area contributed by atoms with E-state index in [-0.39, 0.29) is 17.5 Å². The van der Waals surface area contributed by atoms with Crippen LogP contribution in [0.5, 0.6) is 0 Å². The third-order valence-electron chi connectivity index (χ3n) is 4.20. The van der Waals surface area contributed by atoms with Gasteiger partial charge in [-0.1, -0.05) is 23.7 Å². The first-order valence-electron chi connectivity index (χ1n) is 8.25. The number of halogens is 3. The van der Waals surface area contributed by atoms with E-state index in [0.29, 0.717) is 11.6 Å². The van der Waals surface area contributed by atoms with Crippen molar-refractivity contribution < 1.29 is 9.18 Å². The van der Waals surface area contributed by atoms with Crippen LogP contribution in [-0.4, -0.2) is 25.5 Å². The number of amides is 1. The largest absolute Gasteiger partial charge is 0.306 e. The number of carbonyl (C=O) groups excluding carboxylic acids is 1. The summed E-state index contributed by atoms with van der Waals surface area (Å²) in [5.41, 5.74) is 2.55. The Morgan fingerprint density at radius 2 is 1.96 bits per heavy atom. The summed E-state index contributed by atoms with van der Waals surface area (Å²) in [6, 6.07) is 5.58. The molecule has 1 N–H and O–H groups in total. The molecular weight excluding hydrogens is 437 g/mol. The van der Waals surface area contributed by atoms with Crippen molar-refractivity contribution in [3.63, 3.8) is 0 Å². The van der Waals surface area contributed by atoms with E-state index in [1.165, 1.54) is 12.1 Å². The molecular formula is C18H18BrClFN5O. The molecule has 0 saturated carbocycles. The van der Waals surface area contributed by atoms with E-state index in [1.807, 2.05) is 13.8 Å². The van der Waals surface area contributed by atoms with Gasteiger partial charge in [-0.2, -0.15) is 10.2 Å². The molecule has 0 spiro atoms. The van der Waals surface area contributed by atoms with Crippen LogP contribution in [0.4, 0.5) is 10.2 Å². The van der Waals surface area contributed by atoms with Crippen molar-refractivity contribution in [2.24, 2.45) is 0 Å². The number of anilines is 1. The molecule has 0 aliphatic heterocycles. The minimum absolute atomic E-state index is 0.274. The van der Waals surface area contributed by atoms with E-state index in [2.05, 4.69) is 31.4 Å². The summed E-state index contributed by atoms with van der Waals surface area (Å²) < 4.78 is 17.1. The number of aryl methyl sites for hydroxylation is 1. The smallest absolute Gasteiger partial charge is 0.250 e. The minimum atomic E-state index is -0.534. The second kappa shape index (κ2) is 7.82. The SMILES string of the molecule is Cc1nn(C(C)C(=O)Nc2nn(Cc3ccc(F)cc3)cc2Cl)c(C)c1Br. The number of nitrogens with one attached hydrogen (secondary N) is 1. The molecule has 3 aromatic rings. The van der Waals surface area contributed by atoms with Crippen LogP contribution in [0, 0.1) is 19.7 Å². The Bertz CT molecular complexity index is 983. The van der Waals surface area contributed by atoms with Crippen LogP contribution in [-0.2, 0) is 11.3 Å². The lowest BCUT2D eigenvalue weighted by Gasteiger charge is -2.13. The molecule has 3 rings (SSSR count). The van der Waals surface area contributed by atoms with Crippen LogP contribution in [0.15, 0.2) is 34.9 Å². The summed E-state index contributed by atoms with van der Waals surface area (Å²) in [4.78, 5) is 12.6. The first-order chi connectivity index (χ1) is 12.8. The number of rotatable bonds is 5. The van der Waals surface area contributed by atoms with Crippen LogP contribution in [0.3, 0.4) is 0 Å². The van der Waals surface area contributed by atoms with Crippen molar-refractivity contribution in [2.45, 2.75) is 33.4 Å². The summed E-state index contributed by atoms with van der Waals surface area (Å²) >= 11 is 9.66. The molecule has 0 radical (unpaired) electrons. The fourth-order valence-corrected chi connectivity index (χ4v) is 3.15. The molecule has 2 aromatic heterocycles. The highest BCUT2D eigenvalue weighted by Gasteiger charge is 2.22. The first-order valence-corrected chi connectivity index (χ1v) is 9.43. The van der Waals surface area contributed by atoms with Crippen LogP contribution in [0.2, 0.25) is 5.02 Å². The molecule has 0 saturated heterocycles. The summed E-state index contributed by atoms with van der Waals surface area (Å²) in [5, 5.41) is 11.8. The predicted octanol–water partition coefficient (Wildman–Crippen LogP) is 4.50. The molecule has 27 heavy (non-hydrogen) atoms. The lowest BCUT2D eigenvalue weighted by atomic mass is 10.2. The highest BCUT2D eigenvalue weighted by atomic mass is 79.9. The monoisotopic (exact) mass is 453 g/mol. The lowest BCUT2D eigenvalue weighted by Crippen LogP contribution is -2.25. The van der Waals surface area contributed by atoms with Gasteiger partial charge in [-0.15, -0.1) is 0 Å². The average Bonchev–Trinajstić information content (AvgIpc) is 3.10. The quantitative estimate of drug-likeness (QED) is 0.617. The average molecular weight is 455 g/mol. The van der Waals surface area contributed by atoms with Gasteiger partial charge in [0, 0.05) is 6.20 Å². The zero-order valence-electron chi connectivity index (χ0n) is 15.0. The highest BCUT2D eigenvalue weighted by Crippen LogP contribution is 2.25. The molecule has 1 amide bonds. The van der Waals surface area contributed by atoms with Crippen molar-refractivity contribution in [1.29, 1.82) is 0 Å².